The van der Waals surface area contributed by atoms with Crippen LogP contribution in [0.25, 0.3) is 33.3 Å². The Hall–Kier alpha value is -3.87. The number of rotatable bonds is 3. The van der Waals surface area contributed by atoms with Gasteiger partial charge in [0.2, 0.25) is 0 Å². The number of aromatic nitrogens is 5. The van der Waals surface area contributed by atoms with Gasteiger partial charge in [0.25, 0.3) is 0 Å². The number of H-pyrrole nitrogens is 2. The molecule has 32 heavy (non-hydrogen) atoms. The third-order valence-corrected chi connectivity index (χ3v) is 6.53. The van der Waals surface area contributed by atoms with Gasteiger partial charge in [-0.25, -0.2) is 15.0 Å². The van der Waals surface area contributed by atoms with Gasteiger partial charge in [-0.05, 0) is 67.3 Å². The van der Waals surface area contributed by atoms with Crippen LogP contribution in [0.3, 0.4) is 0 Å². The van der Waals surface area contributed by atoms with E-state index in [0.29, 0.717) is 6.61 Å². The van der Waals surface area contributed by atoms with Crippen LogP contribution in [0.5, 0.6) is 11.5 Å². The minimum Gasteiger partial charge on any atom is -0.497 e. The molecule has 4 heterocycles. The second-order valence-electron chi connectivity index (χ2n) is 8.34. The molecule has 0 bridgehead atoms. The van der Waals surface area contributed by atoms with Gasteiger partial charge in [-0.3, -0.25) is 0 Å². The number of methoxy groups -OCH3 is 1. The summed E-state index contributed by atoms with van der Waals surface area (Å²) in [5.41, 5.74) is 8.34. The van der Waals surface area contributed by atoms with Gasteiger partial charge in [-0.2, -0.15) is 0 Å². The Morgan fingerprint density at radius 3 is 2.88 bits per heavy atom. The first-order valence-corrected chi connectivity index (χ1v) is 10.7. The first-order valence-electron chi connectivity index (χ1n) is 10.7. The molecule has 2 aromatic carbocycles. The number of nitrogens with one attached hydrogen (secondary N) is 2. The van der Waals surface area contributed by atoms with Crippen LogP contribution in [0.1, 0.15) is 28.4 Å². The van der Waals surface area contributed by atoms with Crippen molar-refractivity contribution in [2.75, 3.05) is 13.7 Å². The summed E-state index contributed by atoms with van der Waals surface area (Å²) in [6.45, 7) is 4.85. The first kappa shape index (κ1) is 18.9. The second-order valence-corrected chi connectivity index (χ2v) is 8.34. The second kappa shape index (κ2) is 7.09. The zero-order chi connectivity index (χ0) is 21.8. The molecule has 0 saturated heterocycles. The van der Waals surface area contributed by atoms with Crippen molar-refractivity contribution in [2.24, 2.45) is 0 Å². The molecule has 7 heteroatoms. The van der Waals surface area contributed by atoms with E-state index in [1.54, 1.807) is 13.4 Å². The topological polar surface area (TPSA) is 88.7 Å². The average Bonchev–Trinajstić information content (AvgIpc) is 3.48. The summed E-state index contributed by atoms with van der Waals surface area (Å²) in [5.74, 6) is 2.87. The van der Waals surface area contributed by atoms with Gasteiger partial charge in [0.15, 0.2) is 0 Å². The molecule has 7 nitrogen and oxygen atoms in total. The molecule has 2 N–H and O–H groups in total. The van der Waals surface area contributed by atoms with E-state index in [-0.39, 0.29) is 5.92 Å². The van der Waals surface area contributed by atoms with Crippen molar-refractivity contribution in [3.8, 4) is 22.8 Å². The number of aromatic amines is 2. The van der Waals surface area contributed by atoms with Crippen LogP contribution in [-0.4, -0.2) is 38.6 Å². The van der Waals surface area contributed by atoms with Crippen LogP contribution in [0, 0.1) is 13.8 Å². The lowest BCUT2D eigenvalue weighted by Crippen LogP contribution is -2.20. The van der Waals surface area contributed by atoms with Crippen LogP contribution >= 0.6 is 0 Å². The molecule has 6 rings (SSSR count). The summed E-state index contributed by atoms with van der Waals surface area (Å²) in [4.78, 5) is 20.7. The smallest absolute Gasteiger partial charge is 0.141 e. The number of hydrogen-bond donors (Lipinski definition) is 2. The highest BCUT2D eigenvalue weighted by Crippen LogP contribution is 2.37. The Balaban J connectivity index is 1.43. The fourth-order valence-corrected chi connectivity index (χ4v) is 4.63. The van der Waals surface area contributed by atoms with E-state index in [1.165, 1.54) is 5.56 Å². The van der Waals surface area contributed by atoms with Gasteiger partial charge in [0.1, 0.15) is 29.3 Å². The predicted molar refractivity (Wildman–Crippen MR) is 123 cm³/mol. The lowest BCUT2D eigenvalue weighted by Gasteiger charge is -2.24. The van der Waals surface area contributed by atoms with Gasteiger partial charge in [0.05, 0.1) is 36.4 Å². The maximum absolute atomic E-state index is 6.04. The molecule has 0 amide bonds. The summed E-state index contributed by atoms with van der Waals surface area (Å²) in [5, 5.41) is 1.01. The van der Waals surface area contributed by atoms with E-state index >= 15 is 0 Å². The third kappa shape index (κ3) is 2.85. The number of nitrogens with zero attached hydrogens (tertiary/aromatic N) is 3. The number of benzene rings is 2. The zero-order valence-electron chi connectivity index (χ0n) is 18.2. The molecular formula is C25H23N5O2. The van der Waals surface area contributed by atoms with E-state index in [0.717, 1.165) is 68.2 Å². The number of hydrogen-bond acceptors (Lipinski definition) is 5. The van der Waals surface area contributed by atoms with Gasteiger partial charge >= 0.3 is 0 Å². The summed E-state index contributed by atoms with van der Waals surface area (Å²) < 4.78 is 11.4. The van der Waals surface area contributed by atoms with Crippen molar-refractivity contribution in [3.63, 3.8) is 0 Å². The average molecular weight is 425 g/mol. The lowest BCUT2D eigenvalue weighted by molar-refractivity contribution is 0.257. The number of fused-ring (bicyclic) bond motifs is 3. The molecule has 0 aliphatic carbocycles. The summed E-state index contributed by atoms with van der Waals surface area (Å²) in [6.07, 6.45) is 4.36. The van der Waals surface area contributed by atoms with Crippen molar-refractivity contribution in [2.45, 2.75) is 26.2 Å². The van der Waals surface area contributed by atoms with E-state index in [1.807, 2.05) is 24.4 Å². The van der Waals surface area contributed by atoms with Crippen LogP contribution in [0.15, 0.2) is 42.9 Å². The Kier molecular flexibility index (Phi) is 4.18. The van der Waals surface area contributed by atoms with E-state index in [2.05, 4.69) is 45.9 Å². The summed E-state index contributed by atoms with van der Waals surface area (Å²) in [7, 11) is 1.68. The fourth-order valence-electron chi connectivity index (χ4n) is 4.63. The van der Waals surface area contributed by atoms with Crippen LogP contribution in [0.4, 0.5) is 0 Å². The van der Waals surface area contributed by atoms with E-state index in [4.69, 9.17) is 14.5 Å². The third-order valence-electron chi connectivity index (χ3n) is 6.53. The molecule has 5 aromatic rings. The van der Waals surface area contributed by atoms with E-state index in [9.17, 15) is 0 Å². The van der Waals surface area contributed by atoms with Crippen molar-refractivity contribution >= 4 is 22.1 Å². The lowest BCUT2D eigenvalue weighted by atomic mass is 9.96. The van der Waals surface area contributed by atoms with Gasteiger partial charge in [-0.15, -0.1) is 0 Å². The molecule has 0 fully saturated rings. The minimum atomic E-state index is 0.153. The number of ether oxygens (including phenoxy) is 2. The molecule has 0 saturated carbocycles. The van der Waals surface area contributed by atoms with Crippen LogP contribution in [-0.2, 0) is 6.42 Å². The van der Waals surface area contributed by atoms with Crippen molar-refractivity contribution in [1.29, 1.82) is 0 Å². The highest BCUT2D eigenvalue weighted by molar-refractivity contribution is 5.95. The molecular weight excluding hydrogens is 402 g/mol. The Morgan fingerprint density at radius 2 is 2.00 bits per heavy atom. The molecule has 1 aliphatic rings. The quantitative estimate of drug-likeness (QED) is 0.432. The highest BCUT2D eigenvalue weighted by atomic mass is 16.5. The standard InChI is InChI=1S/C25H23N5O2/c1-13-14(2)22-20(10-19(13)23-18-6-7-26-25(18)28-12-27-23)29-24(30-22)16-8-15-9-17(31-3)4-5-21(15)32-11-16/h4-7,9-10,12,16H,8,11H2,1-3H3,(H,29,30)(H,26,27,28). The monoisotopic (exact) mass is 425 g/mol. The molecule has 1 unspecified atom stereocenters. The number of aryl methyl sites for hydroxylation is 1. The van der Waals surface area contributed by atoms with Gasteiger partial charge in [-0.1, -0.05) is 0 Å². The fraction of sp³-hybridized carbons (Fsp3) is 0.240. The minimum absolute atomic E-state index is 0.153. The van der Waals surface area contributed by atoms with Crippen LogP contribution < -0.4 is 9.47 Å². The van der Waals surface area contributed by atoms with Gasteiger partial charge in [0, 0.05) is 17.1 Å². The summed E-state index contributed by atoms with van der Waals surface area (Å²) >= 11 is 0. The molecule has 160 valence electrons. The SMILES string of the molecule is COc1ccc2c(c1)CC(c1nc3c(C)c(C)c(-c4ncnc5[nH]ccc45)cc3[nH]1)CO2. The highest BCUT2D eigenvalue weighted by Gasteiger charge is 2.25. The Labute approximate surface area is 184 Å². The first-order chi connectivity index (χ1) is 15.6. The van der Waals surface area contributed by atoms with Gasteiger partial charge < -0.3 is 19.4 Å². The maximum Gasteiger partial charge on any atom is 0.141 e. The Morgan fingerprint density at radius 1 is 1.09 bits per heavy atom. The van der Waals surface area contributed by atoms with Crippen molar-refractivity contribution in [3.05, 3.63) is 65.4 Å². The molecule has 0 spiro atoms. The number of imidazole rings is 1. The molecule has 1 aliphatic heterocycles. The predicted octanol–water partition coefficient (Wildman–Crippen LogP) is 4.85. The van der Waals surface area contributed by atoms with Crippen molar-refractivity contribution < 1.29 is 9.47 Å². The zero-order valence-corrected chi connectivity index (χ0v) is 18.2. The Bertz CT molecular complexity index is 1480. The maximum atomic E-state index is 6.04. The van der Waals surface area contributed by atoms with Crippen LogP contribution in [0.2, 0.25) is 0 Å². The van der Waals surface area contributed by atoms with Crippen molar-refractivity contribution in [1.82, 2.24) is 24.9 Å². The normalized spacial score (nSPS) is 15.7. The van der Waals surface area contributed by atoms with E-state index < -0.39 is 0 Å². The largest absolute Gasteiger partial charge is 0.497 e. The molecule has 0 radical (unpaired) electrons. The molecule has 1 atom stereocenters. The molecule has 3 aromatic heterocycles. The summed E-state index contributed by atoms with van der Waals surface area (Å²) in [6, 6.07) is 10.1.